The Balaban J connectivity index is 2.12. The molecule has 34 heavy (non-hydrogen) atoms. The van der Waals surface area contributed by atoms with E-state index in [-0.39, 0.29) is 23.2 Å². The number of carbonyl (C=O) groups excluding carboxylic acids is 1. The minimum atomic E-state index is 0.0213. The van der Waals surface area contributed by atoms with Gasteiger partial charge in [-0.15, -0.1) is 0 Å². The normalized spacial score (nSPS) is 27.7. The molecule has 0 radical (unpaired) electrons. The highest BCUT2D eigenvalue weighted by Gasteiger charge is 2.52. The van der Waals surface area contributed by atoms with Crippen molar-refractivity contribution < 1.29 is 9.53 Å². The molecule has 3 heteroatoms. The number of rotatable bonds is 19. The van der Waals surface area contributed by atoms with Gasteiger partial charge in [-0.05, 0) is 40.2 Å². The van der Waals surface area contributed by atoms with E-state index >= 15 is 0 Å². The first-order valence-corrected chi connectivity index (χ1v) is 15.2. The number of unbranched alkanes of at least 4 members (excludes halogenated alkanes) is 14. The van der Waals surface area contributed by atoms with Crippen LogP contribution in [0.2, 0.25) is 0 Å². The highest BCUT2D eigenvalue weighted by molar-refractivity contribution is 5.69. The van der Waals surface area contributed by atoms with Crippen molar-refractivity contribution in [3.63, 3.8) is 0 Å². The van der Waals surface area contributed by atoms with Crippen molar-refractivity contribution in [2.45, 2.75) is 181 Å². The maximum Gasteiger partial charge on any atom is 0.306 e. The lowest BCUT2D eigenvalue weighted by Gasteiger charge is -2.59. The summed E-state index contributed by atoms with van der Waals surface area (Å²) in [5, 5.41) is 0. The molecule has 0 aromatic rings. The molecule has 4 unspecified atom stereocenters. The molecule has 202 valence electrons. The van der Waals surface area contributed by atoms with Gasteiger partial charge in [-0.3, -0.25) is 9.69 Å². The van der Waals surface area contributed by atoms with E-state index in [1.54, 1.807) is 0 Å². The van der Waals surface area contributed by atoms with Crippen LogP contribution < -0.4 is 0 Å². The summed E-state index contributed by atoms with van der Waals surface area (Å²) < 4.78 is 6.10. The first kappa shape index (κ1) is 31.5. The Morgan fingerprint density at radius 3 is 1.62 bits per heavy atom. The molecule has 1 heterocycles. The molecule has 0 N–H and O–H groups in total. The zero-order chi connectivity index (χ0) is 25.5. The van der Waals surface area contributed by atoms with E-state index in [1.807, 2.05) is 0 Å². The average molecular weight is 480 g/mol. The van der Waals surface area contributed by atoms with E-state index in [0.29, 0.717) is 12.3 Å². The molecule has 1 fully saturated rings. The predicted molar refractivity (Wildman–Crippen MR) is 148 cm³/mol. The summed E-state index contributed by atoms with van der Waals surface area (Å²) in [4.78, 5) is 15.2. The Hall–Kier alpha value is -0.570. The molecular weight excluding hydrogens is 418 g/mol. The summed E-state index contributed by atoms with van der Waals surface area (Å²) in [6.07, 6.45) is 24.0. The maximum absolute atomic E-state index is 12.6. The van der Waals surface area contributed by atoms with Crippen molar-refractivity contribution in [1.29, 1.82) is 0 Å². The van der Waals surface area contributed by atoms with E-state index in [0.717, 1.165) is 32.1 Å². The van der Waals surface area contributed by atoms with Gasteiger partial charge in [-0.2, -0.15) is 0 Å². The van der Waals surface area contributed by atoms with Crippen LogP contribution in [0, 0.1) is 5.92 Å². The second kappa shape index (κ2) is 17.0. The van der Waals surface area contributed by atoms with Crippen molar-refractivity contribution in [3.05, 3.63) is 0 Å². The van der Waals surface area contributed by atoms with E-state index < -0.39 is 0 Å². The van der Waals surface area contributed by atoms with Crippen molar-refractivity contribution >= 4 is 5.97 Å². The first-order valence-electron chi connectivity index (χ1n) is 15.2. The van der Waals surface area contributed by atoms with Crippen molar-refractivity contribution in [3.8, 4) is 0 Å². The largest absolute Gasteiger partial charge is 0.462 e. The summed E-state index contributed by atoms with van der Waals surface area (Å²) in [6, 6.07) is 0. The van der Waals surface area contributed by atoms with Gasteiger partial charge >= 0.3 is 5.97 Å². The van der Waals surface area contributed by atoms with Gasteiger partial charge < -0.3 is 4.74 Å². The Kier molecular flexibility index (Phi) is 15.7. The topological polar surface area (TPSA) is 29.5 Å². The van der Waals surface area contributed by atoms with Gasteiger partial charge in [-0.1, -0.05) is 118 Å². The Morgan fingerprint density at radius 2 is 1.21 bits per heavy atom. The Bertz CT molecular complexity index is 536. The molecule has 3 nitrogen and oxygen atoms in total. The molecule has 1 rings (SSSR count). The number of hydrogen-bond acceptors (Lipinski definition) is 3. The van der Waals surface area contributed by atoms with Gasteiger partial charge in [0.15, 0.2) is 0 Å². The molecule has 0 amide bonds. The van der Waals surface area contributed by atoms with Crippen molar-refractivity contribution in [1.82, 2.24) is 4.90 Å². The van der Waals surface area contributed by atoms with E-state index in [1.165, 1.54) is 83.5 Å². The standard InChI is InChI=1S/C31H61NO2/c1-8-11-12-13-14-15-16-17-18-19-20-21-22-23-24-25-29(33)34-28-26-30(5,9-2)32(7)31(6,10-3)27(28)4/h27-28H,8-26H2,1-7H3. The second-order valence-corrected chi connectivity index (χ2v) is 11.8. The minimum Gasteiger partial charge on any atom is -0.462 e. The summed E-state index contributed by atoms with van der Waals surface area (Å²) in [5.41, 5.74) is 0.166. The van der Waals surface area contributed by atoms with Crippen LogP contribution in [0.5, 0.6) is 0 Å². The quantitative estimate of drug-likeness (QED) is 0.136. The van der Waals surface area contributed by atoms with E-state index in [2.05, 4.69) is 53.5 Å². The predicted octanol–water partition coefficient (Wildman–Crippen LogP) is 9.47. The number of likely N-dealkylation sites (tertiary alicyclic amines) is 1. The number of carbonyl (C=O) groups is 1. The van der Waals surface area contributed by atoms with Crippen LogP contribution in [0.25, 0.3) is 0 Å². The van der Waals surface area contributed by atoms with Crippen LogP contribution in [-0.2, 0) is 9.53 Å². The van der Waals surface area contributed by atoms with Gasteiger partial charge in [0.1, 0.15) is 6.10 Å². The molecule has 4 atom stereocenters. The fourth-order valence-electron chi connectivity index (χ4n) is 6.02. The molecule has 1 aliphatic heterocycles. The average Bonchev–Trinajstić information content (AvgIpc) is 2.83. The number of ether oxygens (including phenoxy) is 1. The number of esters is 1. The molecular formula is C31H61NO2. The van der Waals surface area contributed by atoms with Crippen LogP contribution in [0.4, 0.5) is 0 Å². The zero-order valence-corrected chi connectivity index (χ0v) is 24.4. The third-order valence-electron chi connectivity index (χ3n) is 9.50. The smallest absolute Gasteiger partial charge is 0.306 e. The molecule has 0 bridgehead atoms. The highest BCUT2D eigenvalue weighted by Crippen LogP contribution is 2.45. The van der Waals surface area contributed by atoms with Gasteiger partial charge in [0.05, 0.1) is 0 Å². The molecule has 0 aromatic carbocycles. The van der Waals surface area contributed by atoms with Gasteiger partial charge in [0.2, 0.25) is 0 Å². The van der Waals surface area contributed by atoms with Crippen LogP contribution in [0.15, 0.2) is 0 Å². The maximum atomic E-state index is 12.6. The Labute approximate surface area is 214 Å². The third kappa shape index (κ3) is 10.2. The van der Waals surface area contributed by atoms with Gasteiger partial charge in [0.25, 0.3) is 0 Å². The lowest BCUT2D eigenvalue weighted by atomic mass is 9.68. The molecule has 1 aliphatic rings. The van der Waals surface area contributed by atoms with E-state index in [4.69, 9.17) is 4.74 Å². The molecule has 0 saturated carbocycles. The van der Waals surface area contributed by atoms with Gasteiger partial charge in [0, 0.05) is 29.8 Å². The van der Waals surface area contributed by atoms with Crippen LogP contribution in [0.1, 0.15) is 164 Å². The SMILES string of the molecule is CCCCCCCCCCCCCCCCCC(=O)OC1CC(C)(CC)N(C)C(C)(CC)C1C. The van der Waals surface area contributed by atoms with Gasteiger partial charge in [-0.25, -0.2) is 0 Å². The zero-order valence-electron chi connectivity index (χ0n) is 24.4. The monoisotopic (exact) mass is 479 g/mol. The number of piperidine rings is 1. The van der Waals surface area contributed by atoms with Crippen LogP contribution in [0.3, 0.4) is 0 Å². The van der Waals surface area contributed by atoms with Crippen molar-refractivity contribution in [2.75, 3.05) is 7.05 Å². The summed E-state index contributed by atoms with van der Waals surface area (Å²) in [6.45, 7) is 13.8. The van der Waals surface area contributed by atoms with Crippen molar-refractivity contribution in [2.24, 2.45) is 5.92 Å². The summed E-state index contributed by atoms with van der Waals surface area (Å²) in [7, 11) is 2.26. The fraction of sp³-hybridized carbons (Fsp3) is 0.968. The highest BCUT2D eigenvalue weighted by atomic mass is 16.5. The third-order valence-corrected chi connectivity index (χ3v) is 9.50. The summed E-state index contributed by atoms with van der Waals surface area (Å²) in [5.74, 6) is 0.375. The molecule has 0 spiro atoms. The lowest BCUT2D eigenvalue weighted by molar-refractivity contribution is -0.173. The fourth-order valence-corrected chi connectivity index (χ4v) is 6.02. The summed E-state index contributed by atoms with van der Waals surface area (Å²) >= 11 is 0. The molecule has 0 aromatic heterocycles. The lowest BCUT2D eigenvalue weighted by Crippen LogP contribution is -2.66. The molecule has 1 saturated heterocycles. The first-order chi connectivity index (χ1) is 16.2. The van der Waals surface area contributed by atoms with E-state index in [9.17, 15) is 4.79 Å². The number of nitrogens with zero attached hydrogens (tertiary/aromatic N) is 1. The minimum absolute atomic E-state index is 0.0213. The Morgan fingerprint density at radius 1 is 0.765 bits per heavy atom. The second-order valence-electron chi connectivity index (χ2n) is 11.8. The van der Waals surface area contributed by atoms with Crippen LogP contribution in [-0.4, -0.2) is 35.1 Å². The van der Waals surface area contributed by atoms with Crippen LogP contribution >= 0.6 is 0 Å². The number of hydrogen-bond donors (Lipinski definition) is 0. The molecule has 0 aliphatic carbocycles.